The van der Waals surface area contributed by atoms with Crippen LogP contribution in [0.3, 0.4) is 0 Å². The molecular weight excluding hydrogens is 701 g/mol. The maximum Gasteiger partial charge on any atom is 0.0443 e. The lowest BCUT2D eigenvalue weighted by Crippen LogP contribution is -2.24. The Morgan fingerprint density at radius 3 is 1.16 bits per heavy atom. The molecule has 0 bridgehead atoms. The maximum absolute atomic E-state index is 2.54. The fourth-order valence-corrected chi connectivity index (χ4v) is 9.74. The molecule has 0 aliphatic carbocycles. The minimum atomic E-state index is 1.00. The Labute approximate surface area is 341 Å². The lowest BCUT2D eigenvalue weighted by molar-refractivity contribution is 0.767. The highest BCUT2D eigenvalue weighted by molar-refractivity contribution is 6.22. The van der Waals surface area contributed by atoms with Gasteiger partial charge < -0.3 is 9.80 Å². The van der Waals surface area contributed by atoms with Crippen molar-refractivity contribution in [2.45, 2.75) is 25.7 Å². The molecule has 0 fully saturated rings. The second-order valence-corrected chi connectivity index (χ2v) is 15.9. The van der Waals surface area contributed by atoms with Crippen LogP contribution in [0.2, 0.25) is 0 Å². The summed E-state index contributed by atoms with van der Waals surface area (Å²) in [6, 6.07) is 72.4. The smallest absolute Gasteiger partial charge is 0.0443 e. The summed E-state index contributed by atoms with van der Waals surface area (Å²) in [5.41, 5.74) is 17.9. The molecule has 0 aromatic heterocycles. The average molecular weight is 745 g/mol. The van der Waals surface area contributed by atoms with E-state index in [-0.39, 0.29) is 0 Å². The molecule has 0 N–H and O–H groups in total. The summed E-state index contributed by atoms with van der Waals surface area (Å²) < 4.78 is 0. The van der Waals surface area contributed by atoms with Crippen LogP contribution in [0.5, 0.6) is 0 Å². The van der Waals surface area contributed by atoms with E-state index in [1.165, 1.54) is 99.9 Å². The lowest BCUT2D eigenvalue weighted by Gasteiger charge is -2.32. The zero-order chi connectivity index (χ0) is 38.4. The normalized spacial score (nSPS) is 13.7. The molecule has 0 saturated heterocycles. The van der Waals surface area contributed by atoms with Crippen LogP contribution in [0.4, 0.5) is 22.7 Å². The Morgan fingerprint density at radius 2 is 0.690 bits per heavy atom. The van der Waals surface area contributed by atoms with Crippen molar-refractivity contribution in [2.24, 2.45) is 0 Å². The van der Waals surface area contributed by atoms with Crippen molar-refractivity contribution >= 4 is 44.3 Å². The van der Waals surface area contributed by atoms with Crippen molar-refractivity contribution < 1.29 is 0 Å². The van der Waals surface area contributed by atoms with E-state index in [0.717, 1.165) is 38.8 Å². The number of para-hydroxylation sites is 2. The van der Waals surface area contributed by atoms with E-state index in [1.807, 2.05) is 0 Å². The standard InChI is InChI=1S/C56H44N2/c1-3-15-39(16-4-1)43-21-11-23-45(35-43)55-49-31-29-48(58-34-14-26-42-20-8-10-28-54(42)58)38-52(49)56(46-24-12-22-44(36-46)40-17-5-2-6-18-40)50-32-30-47(37-51(50)55)57-33-13-25-41-19-7-9-27-53(41)57/h1-12,15-24,27-32,35-38H,13-14,25-26,33-34H2. The molecule has 2 heterocycles. The van der Waals surface area contributed by atoms with E-state index >= 15 is 0 Å². The number of hydrogen-bond donors (Lipinski definition) is 0. The van der Waals surface area contributed by atoms with Gasteiger partial charge in [-0.1, -0.05) is 146 Å². The first-order valence-electron chi connectivity index (χ1n) is 20.8. The number of anilines is 4. The van der Waals surface area contributed by atoms with Crippen LogP contribution in [0.15, 0.2) is 194 Å². The van der Waals surface area contributed by atoms with Crippen LogP contribution >= 0.6 is 0 Å². The highest BCUT2D eigenvalue weighted by Crippen LogP contribution is 2.48. The van der Waals surface area contributed by atoms with Crippen molar-refractivity contribution in [1.29, 1.82) is 0 Å². The maximum atomic E-state index is 2.54. The second-order valence-electron chi connectivity index (χ2n) is 15.9. The molecule has 0 saturated carbocycles. The Balaban J connectivity index is 1.22. The molecule has 11 rings (SSSR count). The van der Waals surface area contributed by atoms with E-state index in [2.05, 4.69) is 204 Å². The van der Waals surface area contributed by atoms with E-state index in [9.17, 15) is 0 Å². The molecule has 58 heavy (non-hydrogen) atoms. The zero-order valence-electron chi connectivity index (χ0n) is 32.6. The first kappa shape index (κ1) is 34.4. The Bertz CT molecular complexity index is 2760. The Kier molecular flexibility index (Phi) is 8.62. The number of benzene rings is 9. The number of fused-ring (bicyclic) bond motifs is 4. The molecule has 2 heteroatoms. The van der Waals surface area contributed by atoms with Gasteiger partial charge >= 0.3 is 0 Å². The first-order valence-corrected chi connectivity index (χ1v) is 20.8. The SMILES string of the molecule is c1ccc(-c2cccc(-c3c4ccc(N5CCCc6ccccc65)cc4c(-c4cccc(-c5ccccc5)c4)c4ccc(N5CCCc6ccccc65)cc34)c2)cc1. The van der Waals surface area contributed by atoms with Gasteiger partial charge in [0.2, 0.25) is 0 Å². The minimum Gasteiger partial charge on any atom is -0.341 e. The van der Waals surface area contributed by atoms with Crippen LogP contribution < -0.4 is 9.80 Å². The predicted octanol–water partition coefficient (Wildman–Crippen LogP) is 14.8. The highest BCUT2D eigenvalue weighted by Gasteiger charge is 2.24. The molecule has 0 atom stereocenters. The quantitative estimate of drug-likeness (QED) is 0.156. The third-order valence-electron chi connectivity index (χ3n) is 12.4. The highest BCUT2D eigenvalue weighted by atomic mass is 15.1. The predicted molar refractivity (Wildman–Crippen MR) is 247 cm³/mol. The molecule has 0 amide bonds. The molecular formula is C56H44N2. The van der Waals surface area contributed by atoms with Gasteiger partial charge in [0, 0.05) is 35.8 Å². The minimum absolute atomic E-state index is 1.00. The molecule has 0 spiro atoms. The van der Waals surface area contributed by atoms with Gasteiger partial charge in [-0.2, -0.15) is 0 Å². The van der Waals surface area contributed by atoms with Crippen LogP contribution in [-0.4, -0.2) is 13.1 Å². The number of nitrogens with zero attached hydrogens (tertiary/aromatic N) is 2. The monoisotopic (exact) mass is 744 g/mol. The average Bonchev–Trinajstić information content (AvgIpc) is 3.30. The van der Waals surface area contributed by atoms with Gasteiger partial charge in [0.25, 0.3) is 0 Å². The summed E-state index contributed by atoms with van der Waals surface area (Å²) in [6.45, 7) is 2.00. The van der Waals surface area contributed by atoms with Gasteiger partial charge in [-0.15, -0.1) is 0 Å². The Morgan fingerprint density at radius 1 is 0.293 bits per heavy atom. The summed E-state index contributed by atoms with van der Waals surface area (Å²) in [5, 5.41) is 5.08. The second kappa shape index (κ2) is 14.6. The molecule has 278 valence electrons. The third-order valence-corrected chi connectivity index (χ3v) is 12.4. The molecule has 9 aromatic carbocycles. The van der Waals surface area contributed by atoms with Crippen LogP contribution in [0, 0.1) is 0 Å². The van der Waals surface area contributed by atoms with Crippen LogP contribution in [-0.2, 0) is 12.8 Å². The van der Waals surface area contributed by atoms with Crippen LogP contribution in [0.25, 0.3) is 66.1 Å². The third kappa shape index (κ3) is 6.04. The van der Waals surface area contributed by atoms with Crippen molar-refractivity contribution in [1.82, 2.24) is 0 Å². The van der Waals surface area contributed by atoms with Gasteiger partial charge in [-0.3, -0.25) is 0 Å². The van der Waals surface area contributed by atoms with E-state index < -0.39 is 0 Å². The summed E-state index contributed by atoms with van der Waals surface area (Å²) in [5.74, 6) is 0. The lowest BCUT2D eigenvalue weighted by atomic mass is 9.84. The van der Waals surface area contributed by atoms with Gasteiger partial charge in [-0.25, -0.2) is 0 Å². The fraction of sp³-hybridized carbons (Fsp3) is 0.107. The van der Waals surface area contributed by atoms with Crippen molar-refractivity contribution in [3.8, 4) is 44.5 Å². The molecule has 0 radical (unpaired) electrons. The van der Waals surface area contributed by atoms with E-state index in [1.54, 1.807) is 0 Å². The topological polar surface area (TPSA) is 6.48 Å². The summed E-state index contributed by atoms with van der Waals surface area (Å²) >= 11 is 0. The van der Waals surface area contributed by atoms with Gasteiger partial charge in [0.1, 0.15) is 0 Å². The van der Waals surface area contributed by atoms with Crippen molar-refractivity contribution in [2.75, 3.05) is 22.9 Å². The summed E-state index contributed by atoms with van der Waals surface area (Å²) in [4.78, 5) is 5.08. The molecule has 0 unspecified atom stereocenters. The molecule has 9 aromatic rings. The van der Waals surface area contributed by atoms with Gasteiger partial charge in [0.05, 0.1) is 0 Å². The zero-order valence-corrected chi connectivity index (χ0v) is 32.6. The largest absolute Gasteiger partial charge is 0.341 e. The van der Waals surface area contributed by atoms with Gasteiger partial charge in [-0.05, 0) is 151 Å². The van der Waals surface area contributed by atoms with Crippen LogP contribution in [0.1, 0.15) is 24.0 Å². The molecule has 2 aliphatic rings. The number of rotatable bonds is 6. The van der Waals surface area contributed by atoms with Crippen molar-refractivity contribution in [3.63, 3.8) is 0 Å². The van der Waals surface area contributed by atoms with Gasteiger partial charge in [0.15, 0.2) is 0 Å². The van der Waals surface area contributed by atoms with E-state index in [0.29, 0.717) is 0 Å². The summed E-state index contributed by atoms with van der Waals surface area (Å²) in [6.07, 6.45) is 4.51. The first-order chi connectivity index (χ1) is 28.8. The number of hydrogen-bond acceptors (Lipinski definition) is 2. The van der Waals surface area contributed by atoms with Crippen molar-refractivity contribution in [3.05, 3.63) is 205 Å². The number of aryl methyl sites for hydroxylation is 2. The molecule has 2 nitrogen and oxygen atoms in total. The fourth-order valence-electron chi connectivity index (χ4n) is 9.74. The summed E-state index contributed by atoms with van der Waals surface area (Å²) in [7, 11) is 0. The Hall–Kier alpha value is -6.90. The van der Waals surface area contributed by atoms with E-state index in [4.69, 9.17) is 0 Å². The molecule has 2 aliphatic heterocycles.